The summed E-state index contributed by atoms with van der Waals surface area (Å²) in [5.74, 6) is 1.49. The molecule has 1 unspecified atom stereocenters. The lowest BCUT2D eigenvalue weighted by atomic mass is 10.2. The highest BCUT2D eigenvalue weighted by Gasteiger charge is 2.21. The molecule has 0 saturated heterocycles. The third kappa shape index (κ3) is 4.18. The van der Waals surface area contributed by atoms with Gasteiger partial charge in [0.2, 0.25) is 0 Å². The van der Waals surface area contributed by atoms with E-state index in [1.54, 1.807) is 6.20 Å². The Bertz CT molecular complexity index is 861. The number of halogens is 1. The van der Waals surface area contributed by atoms with Gasteiger partial charge in [0, 0.05) is 28.8 Å². The van der Waals surface area contributed by atoms with E-state index >= 15 is 0 Å². The summed E-state index contributed by atoms with van der Waals surface area (Å²) in [7, 11) is 0. The number of hydrogen-bond acceptors (Lipinski definition) is 5. The summed E-state index contributed by atoms with van der Waals surface area (Å²) < 4.78 is 6.55. The van der Waals surface area contributed by atoms with Gasteiger partial charge in [-0.05, 0) is 59.1 Å². The Labute approximate surface area is 153 Å². The van der Waals surface area contributed by atoms with Crippen molar-refractivity contribution in [3.05, 3.63) is 41.0 Å². The topological polar surface area (TPSA) is 83.1 Å². The number of rotatable bonds is 7. The predicted octanol–water partition coefficient (Wildman–Crippen LogP) is 2.88. The summed E-state index contributed by atoms with van der Waals surface area (Å²) >= 11 is 3.40. The van der Waals surface area contributed by atoms with Crippen LogP contribution < -0.4 is 10.1 Å². The molecule has 7 heteroatoms. The molecule has 1 aliphatic rings. The van der Waals surface area contributed by atoms with Crippen molar-refractivity contribution in [3.8, 4) is 17.1 Å². The average Bonchev–Trinajstić information content (AvgIpc) is 3.36. The maximum absolute atomic E-state index is 9.91. The van der Waals surface area contributed by atoms with Crippen molar-refractivity contribution in [1.82, 2.24) is 20.3 Å². The normalized spacial score (nSPS) is 15.4. The second kappa shape index (κ2) is 7.11. The van der Waals surface area contributed by atoms with Crippen LogP contribution >= 0.6 is 15.9 Å². The largest absolute Gasteiger partial charge is 0.491 e. The fraction of sp³-hybridized carbons (Fsp3) is 0.333. The number of ether oxygens (including phenoxy) is 1. The van der Waals surface area contributed by atoms with Crippen molar-refractivity contribution in [2.75, 3.05) is 13.2 Å². The molecule has 4 rings (SSSR count). The Kier molecular flexibility index (Phi) is 4.70. The Morgan fingerprint density at radius 1 is 1.32 bits per heavy atom. The van der Waals surface area contributed by atoms with E-state index in [2.05, 4.69) is 36.2 Å². The number of pyridine rings is 1. The van der Waals surface area contributed by atoms with Gasteiger partial charge in [0.25, 0.3) is 0 Å². The number of imidazole rings is 1. The molecule has 1 saturated carbocycles. The number of benzene rings is 1. The molecule has 6 nitrogen and oxygen atoms in total. The van der Waals surface area contributed by atoms with E-state index in [-0.39, 0.29) is 6.61 Å². The van der Waals surface area contributed by atoms with Crippen molar-refractivity contribution in [3.63, 3.8) is 0 Å². The highest BCUT2D eigenvalue weighted by atomic mass is 79.9. The van der Waals surface area contributed by atoms with Crippen LogP contribution in [0.25, 0.3) is 22.6 Å². The molecule has 1 aromatic carbocycles. The van der Waals surface area contributed by atoms with Crippen LogP contribution in [0, 0.1) is 0 Å². The highest BCUT2D eigenvalue weighted by molar-refractivity contribution is 9.10. The molecule has 0 bridgehead atoms. The standard InChI is InChI=1S/C18H19BrN4O2/c19-12-7-16-18(21-8-12)23-17(22-16)11-1-5-15(6-2-11)25-10-14(24)9-20-13-3-4-13/h1-2,5-8,13-14,20,24H,3-4,9-10H2,(H,21,22,23). The van der Waals surface area contributed by atoms with E-state index in [9.17, 15) is 5.11 Å². The third-order valence-electron chi connectivity index (χ3n) is 4.09. The van der Waals surface area contributed by atoms with Gasteiger partial charge in [-0.1, -0.05) is 0 Å². The summed E-state index contributed by atoms with van der Waals surface area (Å²) in [6.45, 7) is 0.853. The molecule has 25 heavy (non-hydrogen) atoms. The Morgan fingerprint density at radius 3 is 2.88 bits per heavy atom. The molecule has 2 aromatic heterocycles. The minimum absolute atomic E-state index is 0.279. The first-order valence-corrected chi connectivity index (χ1v) is 9.12. The Morgan fingerprint density at radius 2 is 2.12 bits per heavy atom. The number of fused-ring (bicyclic) bond motifs is 1. The van der Waals surface area contributed by atoms with Gasteiger partial charge in [-0.3, -0.25) is 0 Å². The molecule has 1 atom stereocenters. The summed E-state index contributed by atoms with van der Waals surface area (Å²) in [5, 5.41) is 13.2. The first-order valence-electron chi connectivity index (χ1n) is 8.33. The van der Waals surface area contributed by atoms with Crippen molar-refractivity contribution in [2.45, 2.75) is 25.0 Å². The number of aliphatic hydroxyl groups is 1. The Balaban J connectivity index is 1.38. The van der Waals surface area contributed by atoms with Gasteiger partial charge >= 0.3 is 0 Å². The smallest absolute Gasteiger partial charge is 0.157 e. The summed E-state index contributed by atoms with van der Waals surface area (Å²) in [4.78, 5) is 12.1. The quantitative estimate of drug-likeness (QED) is 0.565. The van der Waals surface area contributed by atoms with Crippen LogP contribution in [0.4, 0.5) is 0 Å². The van der Waals surface area contributed by atoms with Crippen molar-refractivity contribution >= 4 is 27.1 Å². The fourth-order valence-electron chi connectivity index (χ4n) is 2.56. The van der Waals surface area contributed by atoms with Crippen LogP contribution in [-0.4, -0.2) is 45.4 Å². The molecule has 3 aromatic rings. The maximum atomic E-state index is 9.91. The predicted molar refractivity (Wildman–Crippen MR) is 99.6 cm³/mol. The van der Waals surface area contributed by atoms with Gasteiger partial charge in [-0.15, -0.1) is 0 Å². The zero-order valence-electron chi connectivity index (χ0n) is 13.6. The monoisotopic (exact) mass is 402 g/mol. The van der Waals surface area contributed by atoms with E-state index in [4.69, 9.17) is 4.74 Å². The zero-order valence-corrected chi connectivity index (χ0v) is 15.2. The number of aromatic nitrogens is 3. The minimum Gasteiger partial charge on any atom is -0.491 e. The van der Waals surface area contributed by atoms with Gasteiger partial charge < -0.3 is 20.1 Å². The van der Waals surface area contributed by atoms with Crippen molar-refractivity contribution in [1.29, 1.82) is 0 Å². The van der Waals surface area contributed by atoms with Gasteiger partial charge in [-0.2, -0.15) is 0 Å². The van der Waals surface area contributed by atoms with Gasteiger partial charge in [0.1, 0.15) is 29.8 Å². The number of nitrogens with zero attached hydrogens (tertiary/aromatic N) is 2. The molecular formula is C18H19BrN4O2. The summed E-state index contributed by atoms with van der Waals surface area (Å²) in [5.41, 5.74) is 2.53. The van der Waals surface area contributed by atoms with Crippen LogP contribution in [0.15, 0.2) is 41.0 Å². The van der Waals surface area contributed by atoms with E-state index in [1.165, 1.54) is 12.8 Å². The second-order valence-corrected chi connectivity index (χ2v) is 7.19. The lowest BCUT2D eigenvalue weighted by molar-refractivity contribution is 0.106. The summed E-state index contributed by atoms with van der Waals surface area (Å²) in [6.07, 6.45) is 3.66. The van der Waals surface area contributed by atoms with Gasteiger partial charge in [-0.25, -0.2) is 9.97 Å². The fourth-order valence-corrected chi connectivity index (χ4v) is 2.88. The number of H-pyrrole nitrogens is 1. The van der Waals surface area contributed by atoms with E-state index < -0.39 is 6.10 Å². The van der Waals surface area contributed by atoms with Crippen LogP contribution in [0.2, 0.25) is 0 Å². The summed E-state index contributed by atoms with van der Waals surface area (Å²) in [6, 6.07) is 10.2. The molecular weight excluding hydrogens is 384 g/mol. The highest BCUT2D eigenvalue weighted by Crippen LogP contribution is 2.23. The van der Waals surface area contributed by atoms with E-state index in [0.717, 1.165) is 32.8 Å². The zero-order chi connectivity index (χ0) is 17.2. The third-order valence-corrected chi connectivity index (χ3v) is 4.53. The molecule has 1 fully saturated rings. The first kappa shape index (κ1) is 16.5. The second-order valence-electron chi connectivity index (χ2n) is 6.28. The van der Waals surface area contributed by atoms with Gasteiger partial charge in [0.15, 0.2) is 5.65 Å². The first-order chi connectivity index (χ1) is 12.2. The van der Waals surface area contributed by atoms with Gasteiger partial charge in [0.05, 0.1) is 0 Å². The molecule has 130 valence electrons. The Hall–Kier alpha value is -1.96. The SMILES string of the molecule is OC(CNC1CC1)COc1ccc(-c2nc3cc(Br)cnc3[nH]2)cc1. The number of nitrogens with one attached hydrogen (secondary N) is 2. The van der Waals surface area contributed by atoms with Crippen LogP contribution in [-0.2, 0) is 0 Å². The number of aromatic amines is 1. The lowest BCUT2D eigenvalue weighted by Crippen LogP contribution is -2.32. The molecule has 0 aliphatic heterocycles. The van der Waals surface area contributed by atoms with E-state index in [0.29, 0.717) is 12.6 Å². The van der Waals surface area contributed by atoms with Crippen molar-refractivity contribution in [2.24, 2.45) is 0 Å². The van der Waals surface area contributed by atoms with Crippen LogP contribution in [0.5, 0.6) is 5.75 Å². The molecule has 0 amide bonds. The van der Waals surface area contributed by atoms with Crippen LogP contribution in [0.1, 0.15) is 12.8 Å². The lowest BCUT2D eigenvalue weighted by Gasteiger charge is -2.13. The molecule has 0 radical (unpaired) electrons. The number of aliphatic hydroxyl groups excluding tert-OH is 1. The van der Waals surface area contributed by atoms with E-state index in [1.807, 2.05) is 30.3 Å². The van der Waals surface area contributed by atoms with Crippen molar-refractivity contribution < 1.29 is 9.84 Å². The number of hydrogen-bond donors (Lipinski definition) is 3. The molecule has 0 spiro atoms. The maximum Gasteiger partial charge on any atom is 0.157 e. The minimum atomic E-state index is -0.500. The molecule has 3 N–H and O–H groups in total. The average molecular weight is 403 g/mol. The molecule has 1 aliphatic carbocycles. The van der Waals surface area contributed by atoms with Crippen LogP contribution in [0.3, 0.4) is 0 Å². The molecule has 2 heterocycles.